The Morgan fingerprint density at radius 1 is 1.00 bits per heavy atom. The number of aromatic nitrogens is 1. The summed E-state index contributed by atoms with van der Waals surface area (Å²) in [6, 6.07) is 15.0. The molecule has 178 valence electrons. The number of nitrogens with zero attached hydrogens (tertiary/aromatic N) is 3. The minimum atomic E-state index is -0.210. The molecule has 3 aromatic rings. The first-order chi connectivity index (χ1) is 16.1. The maximum atomic E-state index is 12.4. The average molecular weight is 573 g/mol. The Labute approximate surface area is 215 Å². The van der Waals surface area contributed by atoms with Crippen molar-refractivity contribution in [1.82, 2.24) is 20.5 Å². The SMILES string of the molecule is CN=C(NCCCCN1C(=O)c2ccccc2C1=O)NCc1coc(-c2ccc(C)cc2)n1.I. The van der Waals surface area contributed by atoms with Crippen LogP contribution in [0.4, 0.5) is 0 Å². The topological polar surface area (TPSA) is 99.8 Å². The van der Waals surface area contributed by atoms with Gasteiger partial charge in [0.2, 0.25) is 5.89 Å². The quantitative estimate of drug-likeness (QED) is 0.139. The van der Waals surface area contributed by atoms with Crippen molar-refractivity contribution in [3.8, 4) is 11.5 Å². The summed E-state index contributed by atoms with van der Waals surface area (Å²) in [6.45, 7) is 3.58. The van der Waals surface area contributed by atoms with Gasteiger partial charge in [-0.25, -0.2) is 4.98 Å². The van der Waals surface area contributed by atoms with Gasteiger partial charge in [0, 0.05) is 25.7 Å². The Balaban J connectivity index is 0.00000324. The van der Waals surface area contributed by atoms with E-state index in [-0.39, 0.29) is 35.8 Å². The molecular formula is C25H28IN5O3. The molecule has 1 aliphatic rings. The normalized spacial score (nSPS) is 13.0. The van der Waals surface area contributed by atoms with Crippen LogP contribution in [0.15, 0.2) is 64.2 Å². The number of carbonyl (C=O) groups is 2. The standard InChI is InChI=1S/C25H27N5O3.HI/c1-17-9-11-18(12-10-17)22-29-19(16-33-22)15-28-25(26-2)27-13-5-6-14-30-23(31)20-7-3-4-8-21(20)24(30)32;/h3-4,7-12,16H,5-6,13-15H2,1-2H3,(H2,26,27,28);1H. The zero-order valence-corrected chi connectivity index (χ0v) is 21.5. The van der Waals surface area contributed by atoms with E-state index in [9.17, 15) is 9.59 Å². The molecule has 2 N–H and O–H groups in total. The number of hydrogen-bond acceptors (Lipinski definition) is 5. The fourth-order valence-electron chi connectivity index (χ4n) is 3.66. The molecule has 2 amide bonds. The fraction of sp³-hybridized carbons (Fsp3) is 0.280. The summed E-state index contributed by atoms with van der Waals surface area (Å²) in [7, 11) is 1.70. The molecule has 2 aromatic carbocycles. The molecule has 0 saturated heterocycles. The van der Waals surface area contributed by atoms with Gasteiger partial charge in [-0.05, 0) is 44.0 Å². The van der Waals surface area contributed by atoms with Crippen LogP contribution in [0.2, 0.25) is 0 Å². The molecule has 4 rings (SSSR count). The van der Waals surface area contributed by atoms with Gasteiger partial charge in [-0.3, -0.25) is 19.5 Å². The summed E-state index contributed by atoms with van der Waals surface area (Å²) < 4.78 is 5.59. The summed E-state index contributed by atoms with van der Waals surface area (Å²) in [5.74, 6) is 0.816. The van der Waals surface area contributed by atoms with Crippen LogP contribution < -0.4 is 10.6 Å². The van der Waals surface area contributed by atoms with Crippen molar-refractivity contribution >= 4 is 41.8 Å². The zero-order chi connectivity index (χ0) is 23.2. The number of carbonyl (C=O) groups excluding carboxylic acids is 2. The lowest BCUT2D eigenvalue weighted by Gasteiger charge is -2.14. The maximum Gasteiger partial charge on any atom is 0.261 e. The molecule has 34 heavy (non-hydrogen) atoms. The fourth-order valence-corrected chi connectivity index (χ4v) is 3.66. The number of hydrogen-bond donors (Lipinski definition) is 2. The number of aryl methyl sites for hydroxylation is 1. The molecule has 0 atom stereocenters. The summed E-state index contributed by atoms with van der Waals surface area (Å²) in [4.78, 5) is 34.9. The van der Waals surface area contributed by atoms with E-state index in [0.717, 1.165) is 17.7 Å². The van der Waals surface area contributed by atoms with Crippen molar-refractivity contribution in [2.45, 2.75) is 26.3 Å². The first-order valence-corrected chi connectivity index (χ1v) is 11.0. The Kier molecular flexibility index (Phi) is 8.80. The van der Waals surface area contributed by atoms with E-state index in [0.29, 0.717) is 49.0 Å². The minimum Gasteiger partial charge on any atom is -0.444 e. The summed E-state index contributed by atoms with van der Waals surface area (Å²) >= 11 is 0. The average Bonchev–Trinajstić information content (AvgIpc) is 3.40. The number of guanidine groups is 1. The largest absolute Gasteiger partial charge is 0.444 e. The van der Waals surface area contributed by atoms with Gasteiger partial charge >= 0.3 is 0 Å². The molecule has 1 aromatic heterocycles. The van der Waals surface area contributed by atoms with Crippen LogP contribution >= 0.6 is 24.0 Å². The number of unbranched alkanes of at least 4 members (excludes halogenated alkanes) is 1. The summed E-state index contributed by atoms with van der Waals surface area (Å²) in [6.07, 6.45) is 3.13. The first kappa shape index (κ1) is 25.4. The summed E-state index contributed by atoms with van der Waals surface area (Å²) in [5, 5.41) is 6.46. The van der Waals surface area contributed by atoms with Crippen LogP contribution in [0, 0.1) is 6.92 Å². The highest BCUT2D eigenvalue weighted by molar-refractivity contribution is 14.0. The van der Waals surface area contributed by atoms with Gasteiger partial charge in [0.15, 0.2) is 5.96 Å². The molecule has 1 aliphatic heterocycles. The zero-order valence-electron chi connectivity index (χ0n) is 19.2. The van der Waals surface area contributed by atoms with Crippen LogP contribution in [0.25, 0.3) is 11.5 Å². The third-order valence-electron chi connectivity index (χ3n) is 5.49. The van der Waals surface area contributed by atoms with E-state index in [1.54, 1.807) is 37.6 Å². The van der Waals surface area contributed by atoms with Gasteiger partial charge in [0.1, 0.15) is 6.26 Å². The van der Waals surface area contributed by atoms with E-state index in [1.165, 1.54) is 10.5 Å². The van der Waals surface area contributed by atoms with Crippen LogP contribution in [0.3, 0.4) is 0 Å². The van der Waals surface area contributed by atoms with Gasteiger partial charge in [-0.15, -0.1) is 24.0 Å². The Morgan fingerprint density at radius 3 is 2.32 bits per heavy atom. The molecule has 0 radical (unpaired) electrons. The number of nitrogens with one attached hydrogen (secondary N) is 2. The highest BCUT2D eigenvalue weighted by Gasteiger charge is 2.34. The van der Waals surface area contributed by atoms with Crippen molar-refractivity contribution in [1.29, 1.82) is 0 Å². The predicted molar refractivity (Wildman–Crippen MR) is 141 cm³/mol. The van der Waals surface area contributed by atoms with Crippen molar-refractivity contribution in [2.24, 2.45) is 4.99 Å². The number of amides is 2. The van der Waals surface area contributed by atoms with Crippen LogP contribution in [0.1, 0.15) is 44.8 Å². The number of aliphatic imine (C=N–C) groups is 1. The monoisotopic (exact) mass is 573 g/mol. The van der Waals surface area contributed by atoms with Gasteiger partial charge in [0.05, 0.1) is 23.4 Å². The predicted octanol–water partition coefficient (Wildman–Crippen LogP) is 4.01. The summed E-state index contributed by atoms with van der Waals surface area (Å²) in [5.41, 5.74) is 3.88. The van der Waals surface area contributed by atoms with Crippen LogP contribution in [-0.2, 0) is 6.54 Å². The molecule has 0 aliphatic carbocycles. The van der Waals surface area contributed by atoms with Crippen molar-refractivity contribution < 1.29 is 14.0 Å². The number of rotatable bonds is 8. The Hall–Kier alpha value is -3.21. The Bertz CT molecular complexity index is 1140. The molecule has 9 heteroatoms. The third-order valence-corrected chi connectivity index (χ3v) is 5.49. The van der Waals surface area contributed by atoms with E-state index in [1.807, 2.05) is 31.2 Å². The van der Waals surface area contributed by atoms with E-state index in [2.05, 4.69) is 20.6 Å². The Morgan fingerprint density at radius 2 is 1.68 bits per heavy atom. The minimum absolute atomic E-state index is 0. The highest BCUT2D eigenvalue weighted by Crippen LogP contribution is 2.22. The van der Waals surface area contributed by atoms with Crippen LogP contribution in [0.5, 0.6) is 0 Å². The van der Waals surface area contributed by atoms with Gasteiger partial charge in [0.25, 0.3) is 11.8 Å². The van der Waals surface area contributed by atoms with Gasteiger partial charge in [-0.1, -0.05) is 29.8 Å². The number of imide groups is 1. The van der Waals surface area contributed by atoms with E-state index >= 15 is 0 Å². The molecule has 0 spiro atoms. The first-order valence-electron chi connectivity index (χ1n) is 11.0. The van der Waals surface area contributed by atoms with Crippen LogP contribution in [-0.4, -0.2) is 47.8 Å². The van der Waals surface area contributed by atoms with Crippen molar-refractivity contribution in [3.63, 3.8) is 0 Å². The lowest BCUT2D eigenvalue weighted by molar-refractivity contribution is 0.0652. The van der Waals surface area contributed by atoms with E-state index in [4.69, 9.17) is 4.42 Å². The maximum absolute atomic E-state index is 12.4. The van der Waals surface area contributed by atoms with Gasteiger partial charge in [-0.2, -0.15) is 0 Å². The van der Waals surface area contributed by atoms with Crippen molar-refractivity contribution in [3.05, 3.63) is 77.2 Å². The second kappa shape index (κ2) is 11.8. The lowest BCUT2D eigenvalue weighted by Crippen LogP contribution is -2.37. The molecule has 8 nitrogen and oxygen atoms in total. The number of benzene rings is 2. The molecule has 2 heterocycles. The molecule has 0 saturated carbocycles. The molecule has 0 unspecified atom stereocenters. The number of fused-ring (bicyclic) bond motifs is 1. The number of halogens is 1. The molecule has 0 fully saturated rings. The smallest absolute Gasteiger partial charge is 0.261 e. The highest BCUT2D eigenvalue weighted by atomic mass is 127. The second-order valence-corrected chi connectivity index (χ2v) is 7.88. The van der Waals surface area contributed by atoms with Crippen molar-refractivity contribution in [2.75, 3.05) is 20.1 Å². The van der Waals surface area contributed by atoms with E-state index < -0.39 is 0 Å². The second-order valence-electron chi connectivity index (χ2n) is 7.88. The third kappa shape index (κ3) is 5.82. The number of oxazole rings is 1. The van der Waals surface area contributed by atoms with Gasteiger partial charge < -0.3 is 15.1 Å². The lowest BCUT2D eigenvalue weighted by atomic mass is 10.1. The molecule has 0 bridgehead atoms. The molecular weight excluding hydrogens is 545 g/mol.